The monoisotopic (exact) mass is 313 g/mol. The van der Waals surface area contributed by atoms with Crippen molar-refractivity contribution in [2.24, 2.45) is 16.8 Å². The van der Waals surface area contributed by atoms with Gasteiger partial charge in [0.05, 0.1) is 11.5 Å². The van der Waals surface area contributed by atoms with Crippen LogP contribution >= 0.6 is 0 Å². The lowest BCUT2D eigenvalue weighted by Crippen LogP contribution is -2.45. The molecule has 0 spiro atoms. The highest BCUT2D eigenvalue weighted by Crippen LogP contribution is 2.19. The number of guanidine groups is 1. The fraction of sp³-hybridized carbons (Fsp3) is 0.800. The van der Waals surface area contributed by atoms with E-state index in [9.17, 15) is 8.42 Å². The van der Waals surface area contributed by atoms with Crippen LogP contribution in [0.15, 0.2) is 17.6 Å². The van der Waals surface area contributed by atoms with E-state index < -0.39 is 9.84 Å². The second kappa shape index (κ2) is 7.29. The van der Waals surface area contributed by atoms with Crippen LogP contribution in [0.25, 0.3) is 0 Å². The molecule has 0 radical (unpaired) electrons. The third-order valence-electron chi connectivity index (χ3n) is 4.31. The molecule has 2 aliphatic rings. The molecular weight excluding hydrogens is 286 g/mol. The number of aliphatic imine (C=N–C) groups is 1. The number of nitrogens with one attached hydrogen (secondary N) is 1. The summed E-state index contributed by atoms with van der Waals surface area (Å²) in [5.74, 6) is 2.48. The molecule has 0 aromatic rings. The predicted molar refractivity (Wildman–Crippen MR) is 87.2 cm³/mol. The molecule has 0 bridgehead atoms. The van der Waals surface area contributed by atoms with E-state index in [2.05, 4.69) is 28.7 Å². The summed E-state index contributed by atoms with van der Waals surface area (Å²) in [5.41, 5.74) is 0. The van der Waals surface area contributed by atoms with E-state index in [4.69, 9.17) is 0 Å². The fourth-order valence-electron chi connectivity index (χ4n) is 2.88. The molecule has 5 nitrogen and oxygen atoms in total. The lowest BCUT2D eigenvalue weighted by molar-refractivity contribution is 0.273. The molecule has 0 aliphatic carbocycles. The van der Waals surface area contributed by atoms with Gasteiger partial charge >= 0.3 is 0 Å². The molecule has 6 heteroatoms. The van der Waals surface area contributed by atoms with Crippen molar-refractivity contribution in [3.8, 4) is 0 Å². The van der Waals surface area contributed by atoms with Crippen molar-refractivity contribution < 1.29 is 8.42 Å². The maximum Gasteiger partial charge on any atom is 0.194 e. The van der Waals surface area contributed by atoms with Gasteiger partial charge in [-0.05, 0) is 31.1 Å². The Morgan fingerprint density at radius 1 is 1.38 bits per heavy atom. The van der Waals surface area contributed by atoms with Crippen LogP contribution in [0.2, 0.25) is 0 Å². The smallest absolute Gasteiger partial charge is 0.194 e. The highest BCUT2D eigenvalue weighted by molar-refractivity contribution is 7.91. The van der Waals surface area contributed by atoms with Gasteiger partial charge in [0.2, 0.25) is 0 Å². The summed E-state index contributed by atoms with van der Waals surface area (Å²) >= 11 is 0. The zero-order valence-electron chi connectivity index (χ0n) is 12.9. The Labute approximate surface area is 128 Å². The van der Waals surface area contributed by atoms with Gasteiger partial charge in [0.15, 0.2) is 15.8 Å². The van der Waals surface area contributed by atoms with Crippen LogP contribution in [0.3, 0.4) is 0 Å². The summed E-state index contributed by atoms with van der Waals surface area (Å²) in [4.78, 5) is 6.96. The Kier molecular flexibility index (Phi) is 5.67. The van der Waals surface area contributed by atoms with Crippen molar-refractivity contribution in [1.82, 2.24) is 10.2 Å². The van der Waals surface area contributed by atoms with Crippen LogP contribution in [-0.4, -0.2) is 57.0 Å². The first-order valence-corrected chi connectivity index (χ1v) is 9.67. The topological polar surface area (TPSA) is 61.8 Å². The Morgan fingerprint density at radius 3 is 2.67 bits per heavy atom. The number of likely N-dealkylation sites (tertiary alicyclic amines) is 1. The van der Waals surface area contributed by atoms with Gasteiger partial charge in [-0.25, -0.2) is 8.42 Å². The first-order valence-electron chi connectivity index (χ1n) is 7.85. The van der Waals surface area contributed by atoms with E-state index in [1.54, 1.807) is 0 Å². The Bertz CT molecular complexity index is 479. The molecule has 0 aromatic carbocycles. The standard InChI is InChI=1S/C15H27N3O2S/c1-3-7-16-15(18-8-4-13(2)5-9-18)17-11-14-6-10-21(19,20)12-14/h3,13-14H,1,4-12H2,2H3,(H,16,17). The van der Waals surface area contributed by atoms with Crippen molar-refractivity contribution in [3.05, 3.63) is 12.7 Å². The van der Waals surface area contributed by atoms with E-state index in [1.165, 1.54) is 12.8 Å². The molecule has 2 rings (SSSR count). The van der Waals surface area contributed by atoms with Crippen molar-refractivity contribution in [1.29, 1.82) is 0 Å². The van der Waals surface area contributed by atoms with E-state index >= 15 is 0 Å². The predicted octanol–water partition coefficient (Wildman–Crippen LogP) is 1.28. The molecule has 2 heterocycles. The summed E-state index contributed by atoms with van der Waals surface area (Å²) in [6.07, 6.45) is 4.94. The molecule has 1 unspecified atom stereocenters. The zero-order chi connectivity index (χ0) is 15.3. The minimum atomic E-state index is -2.81. The molecule has 0 aromatic heterocycles. The first-order chi connectivity index (χ1) is 10.00. The summed E-state index contributed by atoms with van der Waals surface area (Å²) < 4.78 is 23.0. The molecule has 1 N–H and O–H groups in total. The molecule has 2 fully saturated rings. The lowest BCUT2D eigenvalue weighted by Gasteiger charge is -2.33. The summed E-state index contributed by atoms with van der Waals surface area (Å²) in [7, 11) is -2.81. The van der Waals surface area contributed by atoms with E-state index in [0.717, 1.165) is 31.4 Å². The molecule has 120 valence electrons. The third kappa shape index (κ3) is 5.02. The maximum absolute atomic E-state index is 11.5. The quantitative estimate of drug-likeness (QED) is 0.482. The zero-order valence-corrected chi connectivity index (χ0v) is 13.7. The molecule has 2 saturated heterocycles. The van der Waals surface area contributed by atoms with Crippen molar-refractivity contribution in [2.45, 2.75) is 26.2 Å². The molecule has 0 amide bonds. The normalized spacial score (nSPS) is 26.8. The van der Waals surface area contributed by atoms with Crippen LogP contribution in [0.5, 0.6) is 0 Å². The highest BCUT2D eigenvalue weighted by atomic mass is 32.2. The van der Waals surface area contributed by atoms with Gasteiger partial charge in [0.25, 0.3) is 0 Å². The molecule has 21 heavy (non-hydrogen) atoms. The fourth-order valence-corrected chi connectivity index (χ4v) is 4.73. The van der Waals surface area contributed by atoms with Crippen molar-refractivity contribution >= 4 is 15.8 Å². The molecule has 0 saturated carbocycles. The van der Waals surface area contributed by atoms with Gasteiger partial charge in [-0.1, -0.05) is 13.0 Å². The van der Waals surface area contributed by atoms with Crippen LogP contribution in [0.1, 0.15) is 26.2 Å². The SMILES string of the molecule is C=CCNC(=NCC1CCS(=O)(=O)C1)N1CCC(C)CC1. The van der Waals surface area contributed by atoms with Gasteiger partial charge in [0, 0.05) is 26.2 Å². The summed E-state index contributed by atoms with van der Waals surface area (Å²) in [5, 5.41) is 3.31. The number of rotatable bonds is 4. The molecular formula is C15H27N3O2S. The highest BCUT2D eigenvalue weighted by Gasteiger charge is 2.28. The second-order valence-corrected chi connectivity index (χ2v) is 8.50. The van der Waals surface area contributed by atoms with Crippen LogP contribution in [0, 0.1) is 11.8 Å². The summed E-state index contributed by atoms with van der Waals surface area (Å²) in [6, 6.07) is 0. The first kappa shape index (κ1) is 16.3. The van der Waals surface area contributed by atoms with Crippen molar-refractivity contribution in [2.75, 3.05) is 37.7 Å². The average Bonchev–Trinajstić information content (AvgIpc) is 2.80. The summed E-state index contributed by atoms with van der Waals surface area (Å²) in [6.45, 7) is 9.35. The van der Waals surface area contributed by atoms with Gasteiger partial charge < -0.3 is 10.2 Å². The second-order valence-electron chi connectivity index (χ2n) is 6.27. The number of hydrogen-bond donors (Lipinski definition) is 1. The van der Waals surface area contributed by atoms with Crippen molar-refractivity contribution in [3.63, 3.8) is 0 Å². The number of nitrogens with zero attached hydrogens (tertiary/aromatic N) is 2. The average molecular weight is 313 g/mol. The molecule has 1 atom stereocenters. The number of sulfone groups is 1. The van der Waals surface area contributed by atoms with E-state index in [-0.39, 0.29) is 5.92 Å². The van der Waals surface area contributed by atoms with Gasteiger partial charge in [-0.3, -0.25) is 4.99 Å². The van der Waals surface area contributed by atoms with Gasteiger partial charge in [0.1, 0.15) is 0 Å². The minimum Gasteiger partial charge on any atom is -0.353 e. The third-order valence-corrected chi connectivity index (χ3v) is 6.15. The van der Waals surface area contributed by atoms with Crippen LogP contribution in [0.4, 0.5) is 0 Å². The van der Waals surface area contributed by atoms with E-state index in [0.29, 0.717) is 24.6 Å². The maximum atomic E-state index is 11.5. The number of hydrogen-bond acceptors (Lipinski definition) is 3. The Balaban J connectivity index is 1.94. The van der Waals surface area contributed by atoms with Gasteiger partial charge in [-0.2, -0.15) is 0 Å². The van der Waals surface area contributed by atoms with E-state index in [1.807, 2.05) is 6.08 Å². The lowest BCUT2D eigenvalue weighted by atomic mass is 9.99. The Morgan fingerprint density at radius 2 is 2.10 bits per heavy atom. The minimum absolute atomic E-state index is 0.180. The largest absolute Gasteiger partial charge is 0.353 e. The van der Waals surface area contributed by atoms with Crippen LogP contribution < -0.4 is 5.32 Å². The molecule has 2 aliphatic heterocycles. The van der Waals surface area contributed by atoms with Gasteiger partial charge in [-0.15, -0.1) is 6.58 Å². The Hall–Kier alpha value is -1.04. The number of piperidine rings is 1. The van der Waals surface area contributed by atoms with Crippen LogP contribution in [-0.2, 0) is 9.84 Å².